The van der Waals surface area contributed by atoms with E-state index in [9.17, 15) is 9.18 Å². The molecule has 6 heteroatoms. The number of methoxy groups -OCH3 is 1. The molecule has 1 aromatic carbocycles. The summed E-state index contributed by atoms with van der Waals surface area (Å²) >= 11 is 0. The average molecular weight is 263 g/mol. The Morgan fingerprint density at radius 3 is 2.76 bits per heavy atom. The second-order valence-electron chi connectivity index (χ2n) is 3.43. The third-order valence-corrected chi connectivity index (χ3v) is 2.17. The molecule has 0 saturated carbocycles. The van der Waals surface area contributed by atoms with Crippen molar-refractivity contribution < 1.29 is 13.9 Å². The van der Waals surface area contributed by atoms with E-state index in [4.69, 9.17) is 10.5 Å². The lowest BCUT2D eigenvalue weighted by molar-refractivity contribution is -0.125. The summed E-state index contributed by atoms with van der Waals surface area (Å²) in [6, 6.07) is 4.48. The van der Waals surface area contributed by atoms with E-state index in [1.165, 1.54) is 13.2 Å². The first-order chi connectivity index (χ1) is 7.58. The summed E-state index contributed by atoms with van der Waals surface area (Å²) in [5, 5.41) is 2.43. The van der Waals surface area contributed by atoms with Crippen LogP contribution >= 0.6 is 12.4 Å². The lowest BCUT2D eigenvalue weighted by Crippen LogP contribution is -2.36. The Labute approximate surface area is 106 Å². The number of benzene rings is 1. The molecule has 0 fully saturated rings. The zero-order valence-electron chi connectivity index (χ0n) is 9.70. The molecule has 0 bridgehead atoms. The van der Waals surface area contributed by atoms with Gasteiger partial charge in [-0.25, -0.2) is 4.39 Å². The second-order valence-corrected chi connectivity index (χ2v) is 3.43. The molecule has 0 heterocycles. The number of amides is 1. The molecule has 0 aliphatic heterocycles. The average Bonchev–Trinajstić information content (AvgIpc) is 2.25. The van der Waals surface area contributed by atoms with Crippen LogP contribution in [0.2, 0.25) is 0 Å². The van der Waals surface area contributed by atoms with Gasteiger partial charge in [0.1, 0.15) is 11.9 Å². The topological polar surface area (TPSA) is 64.3 Å². The number of hydrogen-bond donors (Lipinski definition) is 2. The summed E-state index contributed by atoms with van der Waals surface area (Å²) in [6.07, 6.45) is -0.764. The predicted octanol–water partition coefficient (Wildman–Crippen LogP) is 1.47. The standard InChI is InChI=1S/C11H15FN2O2.ClH/c1-7-3-4-8(12)9(5-7)14-11(15)10(6-13)16-2;/h3-5,10H,6,13H2,1-2H3,(H,14,15);1H. The third kappa shape index (κ3) is 4.30. The van der Waals surface area contributed by atoms with Gasteiger partial charge in [0.05, 0.1) is 5.69 Å². The fourth-order valence-corrected chi connectivity index (χ4v) is 1.26. The van der Waals surface area contributed by atoms with E-state index in [0.29, 0.717) is 0 Å². The molecule has 0 aliphatic rings. The van der Waals surface area contributed by atoms with Crippen LogP contribution in [0.1, 0.15) is 5.56 Å². The maximum atomic E-state index is 13.3. The van der Waals surface area contributed by atoms with Crippen LogP contribution in [0.25, 0.3) is 0 Å². The molecule has 0 aromatic heterocycles. The van der Waals surface area contributed by atoms with Crippen LogP contribution in [-0.4, -0.2) is 25.7 Å². The molecular weight excluding hydrogens is 247 g/mol. The summed E-state index contributed by atoms with van der Waals surface area (Å²) < 4.78 is 18.2. The zero-order valence-corrected chi connectivity index (χ0v) is 10.5. The van der Waals surface area contributed by atoms with Crippen molar-refractivity contribution in [3.05, 3.63) is 29.6 Å². The number of anilines is 1. The lowest BCUT2D eigenvalue weighted by atomic mass is 10.2. The molecule has 1 atom stereocenters. The number of hydrogen-bond acceptors (Lipinski definition) is 3. The first-order valence-corrected chi connectivity index (χ1v) is 4.88. The zero-order chi connectivity index (χ0) is 12.1. The van der Waals surface area contributed by atoms with Gasteiger partial charge in [0.25, 0.3) is 5.91 Å². The number of carbonyl (C=O) groups is 1. The van der Waals surface area contributed by atoms with Gasteiger partial charge in [-0.15, -0.1) is 12.4 Å². The molecule has 17 heavy (non-hydrogen) atoms. The summed E-state index contributed by atoms with van der Waals surface area (Å²) in [6.45, 7) is 1.86. The van der Waals surface area contributed by atoms with E-state index < -0.39 is 17.8 Å². The summed E-state index contributed by atoms with van der Waals surface area (Å²) in [5.41, 5.74) is 6.33. The van der Waals surface area contributed by atoms with Crippen LogP contribution in [0.3, 0.4) is 0 Å². The van der Waals surface area contributed by atoms with Gasteiger partial charge in [-0.3, -0.25) is 4.79 Å². The van der Waals surface area contributed by atoms with Crippen LogP contribution in [0, 0.1) is 12.7 Å². The van der Waals surface area contributed by atoms with Crippen molar-refractivity contribution >= 4 is 24.0 Å². The highest BCUT2D eigenvalue weighted by molar-refractivity contribution is 5.94. The molecule has 0 radical (unpaired) electrons. The minimum Gasteiger partial charge on any atom is -0.370 e. The number of nitrogens with one attached hydrogen (secondary N) is 1. The van der Waals surface area contributed by atoms with Gasteiger partial charge in [0, 0.05) is 13.7 Å². The Kier molecular flexibility index (Phi) is 6.72. The highest BCUT2D eigenvalue weighted by atomic mass is 35.5. The van der Waals surface area contributed by atoms with Crippen LogP contribution in [0.5, 0.6) is 0 Å². The molecule has 96 valence electrons. The maximum absolute atomic E-state index is 13.3. The van der Waals surface area contributed by atoms with Crippen LogP contribution < -0.4 is 11.1 Å². The minimum absolute atomic E-state index is 0. The van der Waals surface area contributed by atoms with Crippen LogP contribution in [0.4, 0.5) is 10.1 Å². The number of halogens is 2. The third-order valence-electron chi connectivity index (χ3n) is 2.17. The molecule has 3 N–H and O–H groups in total. The Bertz CT molecular complexity index is 384. The molecule has 1 aromatic rings. The van der Waals surface area contributed by atoms with Crippen molar-refractivity contribution in [2.24, 2.45) is 5.73 Å². The number of aryl methyl sites for hydroxylation is 1. The molecule has 1 rings (SSSR count). The van der Waals surface area contributed by atoms with Gasteiger partial charge in [-0.1, -0.05) is 6.07 Å². The van der Waals surface area contributed by atoms with Crippen LogP contribution in [-0.2, 0) is 9.53 Å². The van der Waals surface area contributed by atoms with Crippen molar-refractivity contribution in [2.75, 3.05) is 19.0 Å². The molecule has 1 amide bonds. The smallest absolute Gasteiger partial charge is 0.254 e. The Hall–Kier alpha value is -1.17. The van der Waals surface area contributed by atoms with Gasteiger partial charge >= 0.3 is 0 Å². The summed E-state index contributed by atoms with van der Waals surface area (Å²) in [7, 11) is 1.38. The molecule has 0 saturated heterocycles. The van der Waals surface area contributed by atoms with E-state index in [1.54, 1.807) is 12.1 Å². The van der Waals surface area contributed by atoms with Crippen molar-refractivity contribution in [1.82, 2.24) is 0 Å². The van der Waals surface area contributed by atoms with Crippen LogP contribution in [0.15, 0.2) is 18.2 Å². The maximum Gasteiger partial charge on any atom is 0.254 e. The van der Waals surface area contributed by atoms with E-state index in [1.807, 2.05) is 6.92 Å². The number of ether oxygens (including phenoxy) is 1. The van der Waals surface area contributed by atoms with E-state index in [2.05, 4.69) is 5.32 Å². The highest BCUT2D eigenvalue weighted by Crippen LogP contribution is 2.15. The highest BCUT2D eigenvalue weighted by Gasteiger charge is 2.17. The molecule has 0 aliphatic carbocycles. The monoisotopic (exact) mass is 262 g/mol. The van der Waals surface area contributed by atoms with Crippen molar-refractivity contribution in [3.8, 4) is 0 Å². The lowest BCUT2D eigenvalue weighted by Gasteiger charge is -2.13. The van der Waals surface area contributed by atoms with E-state index in [-0.39, 0.29) is 24.6 Å². The summed E-state index contributed by atoms with van der Waals surface area (Å²) in [4.78, 5) is 11.6. The molecule has 4 nitrogen and oxygen atoms in total. The second kappa shape index (κ2) is 7.21. The van der Waals surface area contributed by atoms with Crippen molar-refractivity contribution in [1.29, 1.82) is 0 Å². The number of nitrogens with two attached hydrogens (primary N) is 1. The fraction of sp³-hybridized carbons (Fsp3) is 0.364. The first kappa shape index (κ1) is 15.8. The van der Waals surface area contributed by atoms with Gasteiger partial charge in [-0.05, 0) is 24.6 Å². The van der Waals surface area contributed by atoms with Crippen molar-refractivity contribution in [2.45, 2.75) is 13.0 Å². The first-order valence-electron chi connectivity index (χ1n) is 4.88. The molecular formula is C11H16ClFN2O2. The van der Waals surface area contributed by atoms with E-state index in [0.717, 1.165) is 5.56 Å². The van der Waals surface area contributed by atoms with Gasteiger partial charge < -0.3 is 15.8 Å². The Morgan fingerprint density at radius 1 is 1.59 bits per heavy atom. The van der Waals surface area contributed by atoms with Gasteiger partial charge in [0.2, 0.25) is 0 Å². The Balaban J connectivity index is 0.00000256. The summed E-state index contributed by atoms with van der Waals surface area (Å²) in [5.74, 6) is -0.930. The van der Waals surface area contributed by atoms with Gasteiger partial charge in [0.15, 0.2) is 0 Å². The van der Waals surface area contributed by atoms with Crippen molar-refractivity contribution in [3.63, 3.8) is 0 Å². The van der Waals surface area contributed by atoms with E-state index >= 15 is 0 Å². The number of carbonyl (C=O) groups excluding carboxylic acids is 1. The normalized spacial score (nSPS) is 11.5. The SMILES string of the molecule is COC(CN)C(=O)Nc1cc(C)ccc1F.Cl. The molecule has 0 spiro atoms. The largest absolute Gasteiger partial charge is 0.370 e. The minimum atomic E-state index is -0.764. The fourth-order valence-electron chi connectivity index (χ4n) is 1.26. The van der Waals surface area contributed by atoms with Gasteiger partial charge in [-0.2, -0.15) is 0 Å². The quantitative estimate of drug-likeness (QED) is 0.864. The number of rotatable bonds is 4. The molecule has 1 unspecified atom stereocenters. The predicted molar refractivity (Wildman–Crippen MR) is 66.9 cm³/mol. The Morgan fingerprint density at radius 2 is 2.24 bits per heavy atom.